The summed E-state index contributed by atoms with van der Waals surface area (Å²) in [6.07, 6.45) is 0.802. The third-order valence-electron chi connectivity index (χ3n) is 5.79. The summed E-state index contributed by atoms with van der Waals surface area (Å²) in [5.41, 5.74) is 10.6. The number of aromatic nitrogens is 4. The molecule has 5 rings (SSSR count). The summed E-state index contributed by atoms with van der Waals surface area (Å²) < 4.78 is 12.5. The molecular formula is C27H26N6O2. The predicted molar refractivity (Wildman–Crippen MR) is 138 cm³/mol. The number of benzene rings is 3. The number of nitrogen functional groups attached to an aromatic ring is 1. The molecule has 3 aromatic carbocycles. The van der Waals surface area contributed by atoms with Crippen molar-refractivity contribution in [2.45, 2.75) is 6.42 Å². The lowest BCUT2D eigenvalue weighted by Crippen LogP contribution is -2.09. The minimum atomic E-state index is 0.469. The zero-order valence-corrected chi connectivity index (χ0v) is 19.6. The molecule has 0 amide bonds. The molecule has 5 aromatic rings. The smallest absolute Gasteiger partial charge is 0.225 e. The third kappa shape index (κ3) is 4.46. The van der Waals surface area contributed by atoms with Gasteiger partial charge in [-0.2, -0.15) is 4.98 Å². The van der Waals surface area contributed by atoms with E-state index in [2.05, 4.69) is 10.3 Å². The van der Waals surface area contributed by atoms with E-state index in [1.807, 2.05) is 78.9 Å². The molecule has 0 spiro atoms. The van der Waals surface area contributed by atoms with Gasteiger partial charge in [-0.05, 0) is 48.4 Å². The van der Waals surface area contributed by atoms with Crippen LogP contribution in [0.5, 0.6) is 11.5 Å². The molecule has 35 heavy (non-hydrogen) atoms. The van der Waals surface area contributed by atoms with Crippen LogP contribution in [0, 0.1) is 0 Å². The zero-order chi connectivity index (χ0) is 24.2. The van der Waals surface area contributed by atoms with Crippen LogP contribution in [-0.2, 0) is 6.42 Å². The van der Waals surface area contributed by atoms with Crippen molar-refractivity contribution in [1.29, 1.82) is 0 Å². The topological polar surface area (TPSA) is 100 Å². The maximum absolute atomic E-state index is 6.60. The molecular weight excluding hydrogens is 440 g/mol. The second-order valence-electron chi connectivity index (χ2n) is 7.95. The fraction of sp³-hybridized carbons (Fsp3) is 0.148. The summed E-state index contributed by atoms with van der Waals surface area (Å²) >= 11 is 0. The van der Waals surface area contributed by atoms with Crippen molar-refractivity contribution in [3.05, 3.63) is 84.4 Å². The van der Waals surface area contributed by atoms with Gasteiger partial charge in [0.25, 0.3) is 0 Å². The summed E-state index contributed by atoms with van der Waals surface area (Å²) in [5.74, 6) is 2.48. The van der Waals surface area contributed by atoms with E-state index in [4.69, 9.17) is 25.3 Å². The standard InChI is InChI=1S/C27H26N6O2/c1-34-20-14-12-18(13-15-20)16-17-29-27-30-24(21-10-6-7-11-22(21)35-2)23-25(28)33(32-26(23)31-27)19-8-4-3-5-9-19/h3-15H,16-17,28H2,1-2H3,(H,29,31,32). The molecule has 0 radical (unpaired) electrons. The van der Waals surface area contributed by atoms with Gasteiger partial charge in [-0.3, -0.25) is 0 Å². The fourth-order valence-electron chi connectivity index (χ4n) is 4.00. The van der Waals surface area contributed by atoms with Crippen molar-refractivity contribution in [1.82, 2.24) is 19.7 Å². The Kier molecular flexibility index (Phi) is 6.17. The van der Waals surface area contributed by atoms with Crippen LogP contribution in [0.15, 0.2) is 78.9 Å². The number of rotatable bonds is 8. The van der Waals surface area contributed by atoms with E-state index in [1.165, 1.54) is 5.56 Å². The Morgan fingerprint density at radius 1 is 0.857 bits per heavy atom. The van der Waals surface area contributed by atoms with E-state index < -0.39 is 0 Å². The third-order valence-corrected chi connectivity index (χ3v) is 5.79. The first kappa shape index (κ1) is 22.2. The van der Waals surface area contributed by atoms with E-state index in [-0.39, 0.29) is 0 Å². The highest BCUT2D eigenvalue weighted by Gasteiger charge is 2.21. The molecule has 2 aromatic heterocycles. The van der Waals surface area contributed by atoms with Crippen LogP contribution in [0.25, 0.3) is 28.0 Å². The first-order valence-corrected chi connectivity index (χ1v) is 11.3. The minimum absolute atomic E-state index is 0.469. The highest BCUT2D eigenvalue weighted by atomic mass is 16.5. The van der Waals surface area contributed by atoms with Crippen LogP contribution < -0.4 is 20.5 Å². The van der Waals surface area contributed by atoms with Gasteiger partial charge in [0.05, 0.1) is 31.0 Å². The van der Waals surface area contributed by atoms with Gasteiger partial charge in [-0.25, -0.2) is 9.67 Å². The van der Waals surface area contributed by atoms with E-state index in [0.29, 0.717) is 40.8 Å². The predicted octanol–water partition coefficient (Wildman–Crippen LogP) is 4.74. The summed E-state index contributed by atoms with van der Waals surface area (Å²) in [6.45, 7) is 0.651. The molecule has 0 fully saturated rings. The lowest BCUT2D eigenvalue weighted by Gasteiger charge is -2.11. The second kappa shape index (κ2) is 9.72. The monoisotopic (exact) mass is 466 g/mol. The quantitative estimate of drug-likeness (QED) is 0.341. The minimum Gasteiger partial charge on any atom is -0.497 e. The van der Waals surface area contributed by atoms with Crippen molar-refractivity contribution in [3.8, 4) is 28.4 Å². The van der Waals surface area contributed by atoms with Gasteiger partial charge in [-0.1, -0.05) is 42.5 Å². The van der Waals surface area contributed by atoms with Crippen molar-refractivity contribution in [2.24, 2.45) is 0 Å². The molecule has 0 aliphatic rings. The largest absolute Gasteiger partial charge is 0.497 e. The Balaban J connectivity index is 1.54. The summed E-state index contributed by atoms with van der Waals surface area (Å²) in [7, 11) is 3.30. The van der Waals surface area contributed by atoms with E-state index in [9.17, 15) is 0 Å². The molecule has 0 saturated heterocycles. The molecule has 2 heterocycles. The molecule has 0 unspecified atom stereocenters. The van der Waals surface area contributed by atoms with Gasteiger partial charge >= 0.3 is 0 Å². The highest BCUT2D eigenvalue weighted by molar-refractivity contribution is 6.00. The maximum Gasteiger partial charge on any atom is 0.225 e. The summed E-state index contributed by atoms with van der Waals surface area (Å²) in [4.78, 5) is 9.54. The summed E-state index contributed by atoms with van der Waals surface area (Å²) in [6, 6.07) is 25.5. The number of anilines is 2. The molecule has 0 bridgehead atoms. The lowest BCUT2D eigenvalue weighted by atomic mass is 10.1. The number of hydrogen-bond acceptors (Lipinski definition) is 7. The number of para-hydroxylation sites is 2. The van der Waals surface area contributed by atoms with Crippen LogP contribution >= 0.6 is 0 Å². The number of nitrogens with zero attached hydrogens (tertiary/aromatic N) is 4. The number of methoxy groups -OCH3 is 2. The average Bonchev–Trinajstić information content (AvgIpc) is 3.25. The Morgan fingerprint density at radius 2 is 1.60 bits per heavy atom. The highest BCUT2D eigenvalue weighted by Crippen LogP contribution is 2.37. The second-order valence-corrected chi connectivity index (χ2v) is 7.95. The van der Waals surface area contributed by atoms with Crippen LogP contribution in [0.1, 0.15) is 5.56 Å². The van der Waals surface area contributed by atoms with E-state index in [0.717, 1.165) is 23.4 Å². The molecule has 0 aliphatic carbocycles. The Bertz CT molecular complexity index is 1450. The van der Waals surface area contributed by atoms with Gasteiger partial charge in [0.1, 0.15) is 17.3 Å². The normalized spacial score (nSPS) is 10.9. The average molecular weight is 467 g/mol. The molecule has 8 heteroatoms. The van der Waals surface area contributed by atoms with Crippen molar-refractivity contribution in [3.63, 3.8) is 0 Å². The molecule has 3 N–H and O–H groups in total. The number of nitrogens with two attached hydrogens (primary N) is 1. The number of nitrogens with one attached hydrogen (secondary N) is 1. The van der Waals surface area contributed by atoms with Crippen LogP contribution in [0.4, 0.5) is 11.8 Å². The van der Waals surface area contributed by atoms with Crippen LogP contribution in [0.3, 0.4) is 0 Å². The Labute approximate surface area is 203 Å². The van der Waals surface area contributed by atoms with Crippen LogP contribution in [0.2, 0.25) is 0 Å². The van der Waals surface area contributed by atoms with Crippen molar-refractivity contribution < 1.29 is 9.47 Å². The SMILES string of the molecule is COc1ccc(CCNc2nc(-c3ccccc3OC)c3c(N)n(-c4ccccc4)nc3n2)cc1. The van der Waals surface area contributed by atoms with E-state index in [1.54, 1.807) is 18.9 Å². The van der Waals surface area contributed by atoms with Gasteiger partial charge in [0.15, 0.2) is 5.65 Å². The van der Waals surface area contributed by atoms with Crippen molar-refractivity contribution in [2.75, 3.05) is 31.8 Å². The number of fused-ring (bicyclic) bond motifs is 1. The Hall–Kier alpha value is -4.59. The van der Waals surface area contributed by atoms with E-state index >= 15 is 0 Å². The Morgan fingerprint density at radius 3 is 2.34 bits per heavy atom. The van der Waals surface area contributed by atoms with Gasteiger partial charge in [0.2, 0.25) is 5.95 Å². The molecule has 176 valence electrons. The number of hydrogen-bond donors (Lipinski definition) is 2. The molecule has 8 nitrogen and oxygen atoms in total. The van der Waals surface area contributed by atoms with Crippen LogP contribution in [-0.4, -0.2) is 40.5 Å². The first-order chi connectivity index (χ1) is 17.2. The lowest BCUT2D eigenvalue weighted by molar-refractivity contribution is 0.414. The zero-order valence-electron chi connectivity index (χ0n) is 19.6. The summed E-state index contributed by atoms with van der Waals surface area (Å²) in [5, 5.41) is 8.74. The maximum atomic E-state index is 6.60. The molecule has 0 atom stereocenters. The first-order valence-electron chi connectivity index (χ1n) is 11.3. The molecule has 0 saturated carbocycles. The number of ether oxygens (including phenoxy) is 2. The van der Waals surface area contributed by atoms with Gasteiger partial charge < -0.3 is 20.5 Å². The van der Waals surface area contributed by atoms with Gasteiger partial charge in [0, 0.05) is 12.1 Å². The fourth-order valence-corrected chi connectivity index (χ4v) is 4.00. The molecule has 0 aliphatic heterocycles. The van der Waals surface area contributed by atoms with Crippen molar-refractivity contribution >= 4 is 22.8 Å². The van der Waals surface area contributed by atoms with Gasteiger partial charge in [-0.15, -0.1) is 5.10 Å².